The second kappa shape index (κ2) is 20.7. The Morgan fingerprint density at radius 1 is 0.674 bits per heavy atom. The minimum Gasteiger partial charge on any atom is -0.397 e. The Bertz CT molecular complexity index is 1090. The van der Waals surface area contributed by atoms with E-state index in [4.69, 9.17) is 51.6 Å². The Labute approximate surface area is 249 Å². The normalized spacial score (nSPS) is 12.9. The van der Waals surface area contributed by atoms with Crippen LogP contribution in [0.25, 0.3) is 0 Å². The van der Waals surface area contributed by atoms with Crippen LogP contribution in [0, 0.1) is 0 Å². The van der Waals surface area contributed by atoms with E-state index in [-0.39, 0.29) is 69.7 Å². The third-order valence-electron chi connectivity index (χ3n) is 5.29. The van der Waals surface area contributed by atoms with Crippen LogP contribution >= 0.6 is 0 Å². The maximum atomic E-state index is 13.0. The quantitative estimate of drug-likeness (QED) is 0.0264. The Morgan fingerprint density at radius 3 is 1.47 bits per heavy atom. The first-order valence-corrected chi connectivity index (χ1v) is 13.2. The summed E-state index contributed by atoms with van der Waals surface area (Å²) in [6.45, 7) is 4.55. The van der Waals surface area contributed by atoms with Gasteiger partial charge in [-0.25, -0.2) is 4.99 Å². The molecule has 0 aliphatic rings. The lowest BCUT2D eigenvalue weighted by Gasteiger charge is -2.19. The van der Waals surface area contributed by atoms with Crippen molar-refractivity contribution >= 4 is 41.3 Å². The van der Waals surface area contributed by atoms with Crippen molar-refractivity contribution in [2.75, 3.05) is 39.3 Å². The summed E-state index contributed by atoms with van der Waals surface area (Å²) in [4.78, 5) is 62.6. The van der Waals surface area contributed by atoms with Gasteiger partial charge in [-0.05, 0) is 25.7 Å². The number of hydrogen-bond donors (Lipinski definition) is 13. The van der Waals surface area contributed by atoms with Gasteiger partial charge in [0.25, 0.3) is 11.8 Å². The molecule has 4 amide bonds. The van der Waals surface area contributed by atoms with Crippen molar-refractivity contribution < 1.29 is 19.2 Å². The second-order valence-corrected chi connectivity index (χ2v) is 8.89. The predicted octanol–water partition coefficient (Wildman–Crippen LogP) is -6.79. The van der Waals surface area contributed by atoms with Crippen LogP contribution in [0.1, 0.15) is 25.7 Å². The molecule has 22 N–H and O–H groups in total. The fraction of sp³-hybridized carbons (Fsp3) is 0.522. The molecule has 0 aromatic carbocycles. The third kappa shape index (κ3) is 16.1. The van der Waals surface area contributed by atoms with Gasteiger partial charge in [-0.15, -0.1) is 0 Å². The van der Waals surface area contributed by atoms with Crippen LogP contribution in [-0.4, -0.2) is 92.6 Å². The van der Waals surface area contributed by atoms with Crippen LogP contribution in [0.2, 0.25) is 0 Å². The van der Waals surface area contributed by atoms with Gasteiger partial charge in [0.05, 0.1) is 5.70 Å². The van der Waals surface area contributed by atoms with Gasteiger partial charge in [-0.1, -0.05) is 6.58 Å². The van der Waals surface area contributed by atoms with Crippen molar-refractivity contribution in [3.05, 3.63) is 23.8 Å². The zero-order valence-electron chi connectivity index (χ0n) is 24.1. The van der Waals surface area contributed by atoms with Crippen LogP contribution in [0.3, 0.4) is 0 Å². The maximum Gasteiger partial charge on any atom is 0.272 e. The molecule has 0 aliphatic heterocycles. The van der Waals surface area contributed by atoms with Crippen LogP contribution in [-0.2, 0) is 19.2 Å². The number of amides is 4. The number of guanidine groups is 2. The first kappa shape index (κ1) is 37.9. The second-order valence-electron chi connectivity index (χ2n) is 8.89. The molecule has 0 aromatic heterocycles. The smallest absolute Gasteiger partial charge is 0.272 e. The van der Waals surface area contributed by atoms with Crippen molar-refractivity contribution in [2.45, 2.75) is 37.8 Å². The molecule has 0 radical (unpaired) electrons. The van der Waals surface area contributed by atoms with E-state index in [0.29, 0.717) is 12.8 Å². The van der Waals surface area contributed by atoms with E-state index >= 15 is 0 Å². The average molecular weight is 611 g/mol. The molecule has 0 aliphatic carbocycles. The van der Waals surface area contributed by atoms with Crippen LogP contribution < -0.4 is 72.9 Å². The molecule has 20 nitrogen and oxygen atoms in total. The Morgan fingerprint density at radius 2 is 1.09 bits per heavy atom. The number of nitrogens with one attached hydrogen (secondary N) is 4. The summed E-state index contributed by atoms with van der Waals surface area (Å²) in [7, 11) is 0. The number of carbonyl (C=O) groups excluding carboxylic acids is 4. The lowest BCUT2D eigenvalue weighted by atomic mass is 10.1. The van der Waals surface area contributed by atoms with Gasteiger partial charge in [-0.2, -0.15) is 0 Å². The van der Waals surface area contributed by atoms with E-state index in [1.54, 1.807) is 0 Å². The molecule has 20 heteroatoms. The van der Waals surface area contributed by atoms with Crippen LogP contribution in [0.15, 0.2) is 38.8 Å². The van der Waals surface area contributed by atoms with Gasteiger partial charge in [0.2, 0.25) is 11.8 Å². The highest BCUT2D eigenvalue weighted by Gasteiger charge is 2.25. The van der Waals surface area contributed by atoms with Gasteiger partial charge in [0.15, 0.2) is 23.5 Å². The number of carbonyl (C=O) groups is 4. The molecule has 0 aromatic rings. The lowest BCUT2D eigenvalue weighted by molar-refractivity contribution is -0.127. The molecule has 0 saturated carbocycles. The summed E-state index contributed by atoms with van der Waals surface area (Å²) < 4.78 is 0. The molecule has 43 heavy (non-hydrogen) atoms. The van der Waals surface area contributed by atoms with E-state index in [1.807, 2.05) is 0 Å². The summed E-state index contributed by atoms with van der Waals surface area (Å²) in [5, 5.41) is 10.1. The van der Waals surface area contributed by atoms with Gasteiger partial charge in [-0.3, -0.25) is 29.2 Å². The molecule has 0 bridgehead atoms. The summed E-state index contributed by atoms with van der Waals surface area (Å²) in [6, 6.07) is -2.11. The van der Waals surface area contributed by atoms with Crippen molar-refractivity contribution in [1.29, 1.82) is 0 Å². The third-order valence-corrected chi connectivity index (χ3v) is 5.29. The number of rotatable bonds is 20. The molecular formula is C23H46N16O4. The van der Waals surface area contributed by atoms with E-state index in [2.05, 4.69) is 42.8 Å². The Balaban J connectivity index is 5.91. The lowest BCUT2D eigenvalue weighted by Crippen LogP contribution is -2.50. The van der Waals surface area contributed by atoms with Gasteiger partial charge in [0.1, 0.15) is 17.8 Å². The molecule has 0 heterocycles. The fourth-order valence-electron chi connectivity index (χ4n) is 3.21. The van der Waals surface area contributed by atoms with E-state index in [9.17, 15) is 19.2 Å². The monoisotopic (exact) mass is 610 g/mol. The van der Waals surface area contributed by atoms with Gasteiger partial charge >= 0.3 is 0 Å². The highest BCUT2D eigenvalue weighted by atomic mass is 16.2. The fourth-order valence-corrected chi connectivity index (χ4v) is 3.21. The number of nitrogens with zero attached hydrogens (tertiary/aromatic N) is 3. The van der Waals surface area contributed by atoms with Crippen molar-refractivity contribution in [2.24, 2.45) is 66.6 Å². The number of aliphatic imine (C=N–C) groups is 3. The number of hydrogen-bond acceptors (Lipinski definition) is 12. The average Bonchev–Trinajstić information content (AvgIpc) is 2.94. The minimum absolute atomic E-state index is 0.124. The molecule has 2 atom stereocenters. The molecule has 0 fully saturated rings. The number of nitrogens with two attached hydrogens (primary N) is 9. The Kier molecular flexibility index (Phi) is 18.3. The zero-order chi connectivity index (χ0) is 32.9. The standard InChI is InChI=1S/C23H46N16O4/c1-12(26)16(21(43)38-14(19(41)34-11-7-25)5-3-9-36-23(31)32)39-17(28)15(27)20(42)37-13(18(40)33-10-6-24)4-2-8-35-22(29)30/h13-14H,1-11,24-28H2,(H,33,40)(H,34,41)(H,37,42)(H,38,43)(H4,29,30,35)(H4,31,32,36)/b17-15-,39-16?. The van der Waals surface area contributed by atoms with Crippen molar-refractivity contribution in [3.8, 4) is 0 Å². The molecule has 0 rings (SSSR count). The van der Waals surface area contributed by atoms with E-state index in [1.165, 1.54) is 0 Å². The molecule has 2 unspecified atom stereocenters. The highest BCUT2D eigenvalue weighted by molar-refractivity contribution is 6.45. The molecule has 0 saturated heterocycles. The van der Waals surface area contributed by atoms with Crippen molar-refractivity contribution in [1.82, 2.24) is 21.3 Å². The summed E-state index contributed by atoms with van der Waals surface area (Å²) in [6.07, 6.45) is 0.935. The predicted molar refractivity (Wildman–Crippen MR) is 164 cm³/mol. The topological polar surface area (TPSA) is 388 Å². The summed E-state index contributed by atoms with van der Waals surface area (Å²) in [5.41, 5.74) is 48.1. The minimum atomic E-state index is -1.06. The molecular weight excluding hydrogens is 564 g/mol. The largest absolute Gasteiger partial charge is 0.397 e. The zero-order valence-corrected chi connectivity index (χ0v) is 24.1. The summed E-state index contributed by atoms with van der Waals surface area (Å²) in [5.74, 6) is -3.82. The van der Waals surface area contributed by atoms with Gasteiger partial charge in [0, 0.05) is 39.3 Å². The molecule has 0 spiro atoms. The van der Waals surface area contributed by atoms with Gasteiger partial charge < -0.3 is 72.9 Å². The maximum absolute atomic E-state index is 13.0. The van der Waals surface area contributed by atoms with Crippen LogP contribution in [0.4, 0.5) is 0 Å². The van der Waals surface area contributed by atoms with Crippen molar-refractivity contribution in [3.63, 3.8) is 0 Å². The SMILES string of the molecule is C=C(N)C(=N/C(N)=C(\N)C(=O)NC(CCCN=C(N)N)C(=O)NCCN)C(=O)NC(CCCN=C(N)N)C(=O)NCCN. The van der Waals surface area contributed by atoms with Crippen LogP contribution in [0.5, 0.6) is 0 Å². The van der Waals surface area contributed by atoms with E-state index < -0.39 is 52.9 Å². The van der Waals surface area contributed by atoms with E-state index in [0.717, 1.165) is 0 Å². The first-order valence-electron chi connectivity index (χ1n) is 13.2. The molecule has 242 valence electrons. The summed E-state index contributed by atoms with van der Waals surface area (Å²) >= 11 is 0. The Hall–Kier alpha value is -5.11. The highest BCUT2D eigenvalue weighted by Crippen LogP contribution is 2.05. The first-order chi connectivity index (χ1) is 20.2.